The summed E-state index contributed by atoms with van der Waals surface area (Å²) < 4.78 is 5.36. The van der Waals surface area contributed by atoms with Crippen LogP contribution in [0.5, 0.6) is 0 Å². The molecule has 0 aromatic carbocycles. The van der Waals surface area contributed by atoms with Crippen molar-refractivity contribution in [2.45, 2.75) is 33.4 Å². The summed E-state index contributed by atoms with van der Waals surface area (Å²) in [7, 11) is 0. The molecule has 4 heteroatoms. The van der Waals surface area contributed by atoms with Crippen LogP contribution in [0.4, 0.5) is 0 Å². The molecular formula is C16H20N2O2. The third-order valence-corrected chi connectivity index (χ3v) is 3.37. The van der Waals surface area contributed by atoms with Crippen LogP contribution in [-0.2, 0) is 17.9 Å². The standard InChI is InChI=1S/C16H20N2O2/c1-3-13(2)16(19)18(12-15-7-5-9-20-15)11-14-6-4-8-17-10-14/h4-10,13H,3,11-12H2,1-2H3. The third kappa shape index (κ3) is 3.70. The fourth-order valence-corrected chi connectivity index (χ4v) is 2.00. The molecule has 2 rings (SSSR count). The number of carbonyl (C=O) groups is 1. The molecule has 1 atom stereocenters. The summed E-state index contributed by atoms with van der Waals surface area (Å²) in [6, 6.07) is 7.59. The summed E-state index contributed by atoms with van der Waals surface area (Å²) in [5.41, 5.74) is 1.02. The number of hydrogen-bond acceptors (Lipinski definition) is 3. The van der Waals surface area contributed by atoms with Crippen molar-refractivity contribution >= 4 is 5.91 Å². The highest BCUT2D eigenvalue weighted by molar-refractivity contribution is 5.78. The minimum absolute atomic E-state index is 0.0154. The van der Waals surface area contributed by atoms with Gasteiger partial charge in [-0.25, -0.2) is 0 Å². The third-order valence-electron chi connectivity index (χ3n) is 3.37. The molecule has 0 aliphatic carbocycles. The van der Waals surface area contributed by atoms with Crippen molar-refractivity contribution in [3.05, 3.63) is 54.2 Å². The van der Waals surface area contributed by atoms with E-state index in [9.17, 15) is 4.79 Å². The van der Waals surface area contributed by atoms with Gasteiger partial charge in [0.15, 0.2) is 0 Å². The van der Waals surface area contributed by atoms with E-state index in [0.717, 1.165) is 17.7 Å². The Hall–Kier alpha value is -2.10. The minimum atomic E-state index is 0.0154. The molecule has 0 saturated heterocycles. The van der Waals surface area contributed by atoms with E-state index in [1.54, 1.807) is 18.7 Å². The lowest BCUT2D eigenvalue weighted by Gasteiger charge is -2.24. The molecule has 0 radical (unpaired) electrons. The lowest BCUT2D eigenvalue weighted by molar-refractivity contribution is -0.136. The molecule has 4 nitrogen and oxygen atoms in total. The average Bonchev–Trinajstić information content (AvgIpc) is 2.99. The van der Waals surface area contributed by atoms with Crippen molar-refractivity contribution in [2.75, 3.05) is 0 Å². The summed E-state index contributed by atoms with van der Waals surface area (Å²) in [6.07, 6.45) is 5.99. The van der Waals surface area contributed by atoms with Gasteiger partial charge in [-0.15, -0.1) is 0 Å². The highest BCUT2D eigenvalue weighted by atomic mass is 16.3. The highest BCUT2D eigenvalue weighted by Crippen LogP contribution is 2.15. The molecular weight excluding hydrogens is 252 g/mol. The molecule has 0 aliphatic rings. The summed E-state index contributed by atoms with van der Waals surface area (Å²) >= 11 is 0. The van der Waals surface area contributed by atoms with Crippen LogP contribution in [0.1, 0.15) is 31.6 Å². The average molecular weight is 272 g/mol. The Morgan fingerprint density at radius 2 is 2.20 bits per heavy atom. The van der Waals surface area contributed by atoms with Crippen LogP contribution in [0.2, 0.25) is 0 Å². The molecule has 106 valence electrons. The number of amides is 1. The Morgan fingerprint density at radius 1 is 1.35 bits per heavy atom. The van der Waals surface area contributed by atoms with E-state index in [2.05, 4.69) is 4.98 Å². The first-order valence-corrected chi connectivity index (χ1v) is 6.90. The minimum Gasteiger partial charge on any atom is -0.467 e. The van der Waals surface area contributed by atoms with E-state index in [-0.39, 0.29) is 11.8 Å². The molecule has 0 bridgehead atoms. The van der Waals surface area contributed by atoms with Gasteiger partial charge in [-0.2, -0.15) is 0 Å². The smallest absolute Gasteiger partial charge is 0.226 e. The van der Waals surface area contributed by atoms with Crippen LogP contribution in [-0.4, -0.2) is 15.8 Å². The summed E-state index contributed by atoms with van der Waals surface area (Å²) in [5.74, 6) is 0.958. The van der Waals surface area contributed by atoms with Gasteiger partial charge in [-0.3, -0.25) is 9.78 Å². The Labute approximate surface area is 119 Å². The summed E-state index contributed by atoms with van der Waals surface area (Å²) in [4.78, 5) is 18.4. The Bertz CT molecular complexity index is 523. The number of rotatable bonds is 6. The molecule has 0 fully saturated rings. The number of nitrogens with zero attached hydrogens (tertiary/aromatic N) is 2. The van der Waals surface area contributed by atoms with Gasteiger partial charge in [0.25, 0.3) is 0 Å². The maximum absolute atomic E-state index is 12.5. The molecule has 0 saturated carbocycles. The second-order valence-corrected chi connectivity index (χ2v) is 4.94. The van der Waals surface area contributed by atoms with Crippen molar-refractivity contribution in [2.24, 2.45) is 5.92 Å². The lowest BCUT2D eigenvalue weighted by atomic mass is 10.1. The van der Waals surface area contributed by atoms with E-state index < -0.39 is 0 Å². The Balaban J connectivity index is 2.13. The van der Waals surface area contributed by atoms with Crippen molar-refractivity contribution in [3.8, 4) is 0 Å². The van der Waals surface area contributed by atoms with E-state index in [1.165, 1.54) is 0 Å². The van der Waals surface area contributed by atoms with Crippen molar-refractivity contribution in [1.82, 2.24) is 9.88 Å². The van der Waals surface area contributed by atoms with Gasteiger partial charge in [-0.05, 0) is 30.2 Å². The zero-order chi connectivity index (χ0) is 14.4. The molecule has 20 heavy (non-hydrogen) atoms. The first-order chi connectivity index (χ1) is 9.70. The van der Waals surface area contributed by atoms with Crippen molar-refractivity contribution in [3.63, 3.8) is 0 Å². The first kappa shape index (κ1) is 14.3. The molecule has 0 spiro atoms. The zero-order valence-corrected chi connectivity index (χ0v) is 12.0. The number of hydrogen-bond donors (Lipinski definition) is 0. The van der Waals surface area contributed by atoms with Gasteiger partial charge >= 0.3 is 0 Å². The van der Waals surface area contributed by atoms with Crippen LogP contribution < -0.4 is 0 Å². The van der Waals surface area contributed by atoms with Gasteiger partial charge in [0.05, 0.1) is 12.8 Å². The fourth-order valence-electron chi connectivity index (χ4n) is 2.00. The SMILES string of the molecule is CCC(C)C(=O)N(Cc1cccnc1)Cc1ccco1. The number of carbonyl (C=O) groups excluding carboxylic acids is 1. The van der Waals surface area contributed by atoms with E-state index in [0.29, 0.717) is 13.1 Å². The van der Waals surface area contributed by atoms with Gasteiger partial charge in [-0.1, -0.05) is 19.9 Å². The molecule has 0 aliphatic heterocycles. The first-order valence-electron chi connectivity index (χ1n) is 6.90. The summed E-state index contributed by atoms with van der Waals surface area (Å²) in [6.45, 7) is 5.03. The van der Waals surface area contributed by atoms with Crippen molar-refractivity contribution < 1.29 is 9.21 Å². The highest BCUT2D eigenvalue weighted by Gasteiger charge is 2.20. The van der Waals surface area contributed by atoms with Crippen molar-refractivity contribution in [1.29, 1.82) is 0 Å². The number of pyridine rings is 1. The second kappa shape index (κ2) is 6.89. The fraction of sp³-hybridized carbons (Fsp3) is 0.375. The van der Waals surface area contributed by atoms with E-state index in [1.807, 2.05) is 43.0 Å². The monoisotopic (exact) mass is 272 g/mol. The predicted molar refractivity (Wildman–Crippen MR) is 76.7 cm³/mol. The van der Waals surface area contributed by atoms with Crippen LogP contribution in [0, 0.1) is 5.92 Å². The zero-order valence-electron chi connectivity index (χ0n) is 12.0. The summed E-state index contributed by atoms with van der Waals surface area (Å²) in [5, 5.41) is 0. The molecule has 2 aromatic rings. The van der Waals surface area contributed by atoms with Gasteiger partial charge < -0.3 is 9.32 Å². The quantitative estimate of drug-likeness (QED) is 0.811. The van der Waals surface area contributed by atoms with Gasteiger partial charge in [0.2, 0.25) is 5.91 Å². The second-order valence-electron chi connectivity index (χ2n) is 4.94. The van der Waals surface area contributed by atoms with Gasteiger partial charge in [0.1, 0.15) is 5.76 Å². The Morgan fingerprint density at radius 3 is 2.80 bits per heavy atom. The van der Waals surface area contributed by atoms with E-state index in [4.69, 9.17) is 4.42 Å². The maximum atomic E-state index is 12.5. The van der Waals surface area contributed by atoms with Crippen LogP contribution in [0.3, 0.4) is 0 Å². The largest absolute Gasteiger partial charge is 0.467 e. The normalized spacial score (nSPS) is 12.1. The Kier molecular flexibility index (Phi) is 4.93. The van der Waals surface area contributed by atoms with E-state index >= 15 is 0 Å². The van der Waals surface area contributed by atoms with Crippen LogP contribution in [0.15, 0.2) is 47.3 Å². The molecule has 2 heterocycles. The molecule has 2 aromatic heterocycles. The van der Waals surface area contributed by atoms with Crippen LogP contribution >= 0.6 is 0 Å². The maximum Gasteiger partial charge on any atom is 0.226 e. The predicted octanol–water partition coefficient (Wildman–Crippen LogP) is 3.25. The molecule has 1 unspecified atom stereocenters. The number of aromatic nitrogens is 1. The molecule has 0 N–H and O–H groups in total. The number of furan rings is 1. The molecule has 1 amide bonds. The van der Waals surface area contributed by atoms with Crippen LogP contribution in [0.25, 0.3) is 0 Å². The van der Waals surface area contributed by atoms with Gasteiger partial charge in [0, 0.05) is 24.9 Å². The lowest BCUT2D eigenvalue weighted by Crippen LogP contribution is -2.34. The topological polar surface area (TPSA) is 46.3 Å².